The Morgan fingerprint density at radius 1 is 0.703 bits per heavy atom. The molecule has 0 saturated carbocycles. The molecule has 184 valence electrons. The van der Waals surface area contributed by atoms with E-state index in [-0.39, 0.29) is 5.91 Å². The molecule has 0 bridgehead atoms. The maximum absolute atomic E-state index is 13.6. The minimum absolute atomic E-state index is 0.0141. The number of carbonyl (C=O) groups is 1. The second-order valence-corrected chi connectivity index (χ2v) is 10.0. The van der Waals surface area contributed by atoms with Gasteiger partial charge in [0.25, 0.3) is 5.91 Å². The first-order valence-electron chi connectivity index (χ1n) is 13.2. The molecule has 1 saturated heterocycles. The molecule has 2 heterocycles. The van der Waals surface area contributed by atoms with Gasteiger partial charge < -0.3 is 0 Å². The highest BCUT2D eigenvalue weighted by molar-refractivity contribution is 6.54. The standard InChI is InChI=1S/C33H31N3O/c37-33-32(34-29-17-15-28(16-18-29)27-11-5-2-6-12-27)30-13-7-8-14-31(30)36(33)24-35-21-19-26(20-22-35)23-25-9-3-1-4-10-25/h1-18,26H,19-24H2. The zero-order valence-corrected chi connectivity index (χ0v) is 21.0. The van der Waals surface area contributed by atoms with E-state index in [9.17, 15) is 4.79 Å². The van der Waals surface area contributed by atoms with Gasteiger partial charge in [0.15, 0.2) is 0 Å². The Bertz CT molecular complexity index is 1390. The normalized spacial score (nSPS) is 17.4. The lowest BCUT2D eigenvalue weighted by molar-refractivity contribution is -0.112. The van der Waals surface area contributed by atoms with Crippen LogP contribution in [0.15, 0.2) is 114 Å². The molecular formula is C33H31N3O. The van der Waals surface area contributed by atoms with Gasteiger partial charge in [-0.15, -0.1) is 0 Å². The number of benzene rings is 4. The number of para-hydroxylation sites is 1. The van der Waals surface area contributed by atoms with Gasteiger partial charge in [-0.1, -0.05) is 91.0 Å². The van der Waals surface area contributed by atoms with Crippen molar-refractivity contribution >= 4 is 23.0 Å². The van der Waals surface area contributed by atoms with Crippen molar-refractivity contribution in [3.8, 4) is 11.1 Å². The average molecular weight is 486 g/mol. The SMILES string of the molecule is O=C1C(=Nc2ccc(-c3ccccc3)cc2)c2ccccc2N1CN1CCC(Cc2ccccc2)CC1. The molecule has 0 unspecified atom stereocenters. The highest BCUT2D eigenvalue weighted by Crippen LogP contribution is 2.32. The van der Waals surface area contributed by atoms with Crippen molar-refractivity contribution < 1.29 is 4.79 Å². The molecule has 4 aromatic carbocycles. The largest absolute Gasteiger partial charge is 0.293 e. The quantitative estimate of drug-likeness (QED) is 0.303. The van der Waals surface area contributed by atoms with Gasteiger partial charge >= 0.3 is 0 Å². The van der Waals surface area contributed by atoms with Gasteiger partial charge in [-0.3, -0.25) is 14.6 Å². The Hall–Kier alpha value is -4.02. The van der Waals surface area contributed by atoms with Gasteiger partial charge in [0.1, 0.15) is 5.71 Å². The molecular weight excluding hydrogens is 454 g/mol. The summed E-state index contributed by atoms with van der Waals surface area (Å²) in [6.07, 6.45) is 3.46. The van der Waals surface area contributed by atoms with Crippen molar-refractivity contribution in [3.05, 3.63) is 120 Å². The Morgan fingerprint density at radius 3 is 2.05 bits per heavy atom. The van der Waals surface area contributed by atoms with E-state index in [1.807, 2.05) is 59.5 Å². The molecule has 0 spiro atoms. The van der Waals surface area contributed by atoms with Crippen molar-refractivity contribution in [2.45, 2.75) is 19.3 Å². The van der Waals surface area contributed by atoms with Crippen molar-refractivity contribution in [2.24, 2.45) is 10.9 Å². The first-order valence-corrected chi connectivity index (χ1v) is 13.2. The van der Waals surface area contributed by atoms with E-state index in [1.165, 1.54) is 11.1 Å². The van der Waals surface area contributed by atoms with Crippen LogP contribution in [0.2, 0.25) is 0 Å². The lowest BCUT2D eigenvalue weighted by atomic mass is 9.90. The van der Waals surface area contributed by atoms with Crippen LogP contribution >= 0.6 is 0 Å². The fourth-order valence-corrected chi connectivity index (χ4v) is 5.48. The van der Waals surface area contributed by atoms with Crippen molar-refractivity contribution in [2.75, 3.05) is 24.7 Å². The van der Waals surface area contributed by atoms with Crippen LogP contribution in [0.5, 0.6) is 0 Å². The zero-order valence-electron chi connectivity index (χ0n) is 21.0. The number of piperidine rings is 1. The molecule has 0 atom stereocenters. The smallest absolute Gasteiger partial charge is 0.278 e. The summed E-state index contributed by atoms with van der Waals surface area (Å²) in [7, 11) is 0. The van der Waals surface area contributed by atoms with Crippen LogP contribution in [0.1, 0.15) is 24.0 Å². The summed E-state index contributed by atoms with van der Waals surface area (Å²) in [6, 6.07) is 37.2. The Balaban J connectivity index is 1.16. The number of hydrogen-bond donors (Lipinski definition) is 0. The molecule has 0 radical (unpaired) electrons. The Morgan fingerprint density at radius 2 is 1.32 bits per heavy atom. The topological polar surface area (TPSA) is 35.9 Å². The molecule has 1 amide bonds. The summed E-state index contributed by atoms with van der Waals surface area (Å²) < 4.78 is 0. The van der Waals surface area contributed by atoms with Gasteiger partial charge in [-0.2, -0.15) is 0 Å². The van der Waals surface area contributed by atoms with Crippen LogP contribution in [0.4, 0.5) is 11.4 Å². The van der Waals surface area contributed by atoms with Crippen LogP contribution in [0.3, 0.4) is 0 Å². The number of aliphatic imine (C=N–C) groups is 1. The van der Waals surface area contributed by atoms with Crippen molar-refractivity contribution in [1.29, 1.82) is 0 Å². The van der Waals surface area contributed by atoms with E-state index in [1.54, 1.807) is 0 Å². The predicted octanol–water partition coefficient (Wildman–Crippen LogP) is 6.73. The van der Waals surface area contributed by atoms with Gasteiger partial charge in [-0.05, 0) is 60.1 Å². The third-order valence-electron chi connectivity index (χ3n) is 7.53. The number of anilines is 1. The maximum Gasteiger partial charge on any atom is 0.278 e. The van der Waals surface area contributed by atoms with Gasteiger partial charge in [-0.25, -0.2) is 4.99 Å². The first kappa shape index (κ1) is 23.4. The molecule has 4 nitrogen and oxygen atoms in total. The molecule has 4 aromatic rings. The molecule has 2 aliphatic heterocycles. The van der Waals surface area contributed by atoms with Gasteiger partial charge in [0.05, 0.1) is 18.0 Å². The van der Waals surface area contributed by atoms with E-state index >= 15 is 0 Å². The van der Waals surface area contributed by atoms with E-state index in [4.69, 9.17) is 4.99 Å². The number of hydrogen-bond acceptors (Lipinski definition) is 3. The van der Waals surface area contributed by atoms with Crippen LogP contribution in [-0.2, 0) is 11.2 Å². The summed E-state index contributed by atoms with van der Waals surface area (Å²) in [5, 5.41) is 0. The minimum atomic E-state index is -0.0141. The van der Waals surface area contributed by atoms with Gasteiger partial charge in [0, 0.05) is 18.7 Å². The number of nitrogens with zero attached hydrogens (tertiary/aromatic N) is 3. The van der Waals surface area contributed by atoms with E-state index in [2.05, 4.69) is 59.5 Å². The van der Waals surface area contributed by atoms with E-state index < -0.39 is 0 Å². The highest BCUT2D eigenvalue weighted by atomic mass is 16.2. The lowest BCUT2D eigenvalue weighted by Crippen LogP contribution is -2.44. The van der Waals surface area contributed by atoms with E-state index in [0.717, 1.165) is 54.9 Å². The van der Waals surface area contributed by atoms with Crippen molar-refractivity contribution in [3.63, 3.8) is 0 Å². The summed E-state index contributed by atoms with van der Waals surface area (Å²) >= 11 is 0. The minimum Gasteiger partial charge on any atom is -0.293 e. The number of fused-ring (bicyclic) bond motifs is 1. The van der Waals surface area contributed by atoms with Crippen LogP contribution in [0, 0.1) is 5.92 Å². The van der Waals surface area contributed by atoms with Gasteiger partial charge in [0.2, 0.25) is 0 Å². The zero-order chi connectivity index (χ0) is 25.0. The molecule has 37 heavy (non-hydrogen) atoms. The average Bonchev–Trinajstić information content (AvgIpc) is 3.21. The summed E-state index contributed by atoms with van der Waals surface area (Å²) in [6.45, 7) is 2.63. The Labute approximate surface area is 218 Å². The monoisotopic (exact) mass is 485 g/mol. The highest BCUT2D eigenvalue weighted by Gasteiger charge is 2.35. The third kappa shape index (κ3) is 5.11. The summed E-state index contributed by atoms with van der Waals surface area (Å²) in [5.41, 5.74) is 6.92. The van der Waals surface area contributed by atoms with Crippen LogP contribution in [-0.4, -0.2) is 36.3 Å². The molecule has 0 N–H and O–H groups in total. The fraction of sp³-hybridized carbons (Fsp3) is 0.212. The Kier molecular flexibility index (Phi) is 6.66. The molecule has 4 heteroatoms. The number of amides is 1. The van der Waals surface area contributed by atoms with Crippen molar-refractivity contribution in [1.82, 2.24) is 4.90 Å². The second kappa shape index (κ2) is 10.5. The molecule has 1 fully saturated rings. The third-order valence-corrected chi connectivity index (χ3v) is 7.53. The predicted molar refractivity (Wildman–Crippen MR) is 151 cm³/mol. The number of carbonyl (C=O) groups excluding carboxylic acids is 1. The second-order valence-electron chi connectivity index (χ2n) is 10.0. The molecule has 6 rings (SSSR count). The molecule has 0 aliphatic carbocycles. The number of rotatable bonds is 6. The fourth-order valence-electron chi connectivity index (χ4n) is 5.48. The van der Waals surface area contributed by atoms with E-state index in [0.29, 0.717) is 18.3 Å². The molecule has 2 aliphatic rings. The number of likely N-dealkylation sites (tertiary alicyclic amines) is 1. The summed E-state index contributed by atoms with van der Waals surface area (Å²) in [5.74, 6) is 0.691. The maximum atomic E-state index is 13.6. The first-order chi connectivity index (χ1) is 18.2. The lowest BCUT2D eigenvalue weighted by Gasteiger charge is -2.34. The molecule has 0 aromatic heterocycles. The van der Waals surface area contributed by atoms with Crippen LogP contribution < -0.4 is 4.90 Å². The summed E-state index contributed by atoms with van der Waals surface area (Å²) in [4.78, 5) is 22.7. The van der Waals surface area contributed by atoms with Crippen LogP contribution in [0.25, 0.3) is 11.1 Å².